The molecule has 28 heavy (non-hydrogen) atoms. The molecule has 1 amide bonds. The average Bonchev–Trinajstić information content (AvgIpc) is 3.38. The van der Waals surface area contributed by atoms with Crippen molar-refractivity contribution in [3.63, 3.8) is 0 Å². The van der Waals surface area contributed by atoms with E-state index >= 15 is 0 Å². The standard InChI is InChI=1S/C19H13FN4O3S/c20-13-5-1-2-7-17(13)26-10-12-9-15(24-27-12)18(25)23-19-22-16(11-28-19)14-6-3-4-8-21-14/h1-9,11H,10H2,(H,22,23,25). The smallest absolute Gasteiger partial charge is 0.279 e. The van der Waals surface area contributed by atoms with Gasteiger partial charge >= 0.3 is 0 Å². The van der Waals surface area contributed by atoms with Crippen molar-refractivity contribution in [2.45, 2.75) is 6.61 Å². The van der Waals surface area contributed by atoms with E-state index in [1.165, 1.54) is 29.5 Å². The minimum Gasteiger partial charge on any atom is -0.482 e. The lowest BCUT2D eigenvalue weighted by Crippen LogP contribution is -2.12. The predicted molar refractivity (Wildman–Crippen MR) is 101 cm³/mol. The fraction of sp³-hybridized carbons (Fsp3) is 0.0526. The van der Waals surface area contributed by atoms with Crippen molar-refractivity contribution in [3.05, 3.63) is 77.4 Å². The van der Waals surface area contributed by atoms with Crippen molar-refractivity contribution in [2.75, 3.05) is 5.32 Å². The van der Waals surface area contributed by atoms with Crippen molar-refractivity contribution in [3.8, 4) is 17.1 Å². The molecule has 0 saturated carbocycles. The van der Waals surface area contributed by atoms with Gasteiger partial charge in [0.1, 0.15) is 12.3 Å². The second kappa shape index (κ2) is 7.97. The number of anilines is 1. The molecule has 140 valence electrons. The zero-order chi connectivity index (χ0) is 19.3. The Hall–Kier alpha value is -3.59. The number of carbonyl (C=O) groups excluding carboxylic acids is 1. The fourth-order valence-corrected chi connectivity index (χ4v) is 3.02. The number of pyridine rings is 1. The number of benzene rings is 1. The molecule has 0 aliphatic rings. The summed E-state index contributed by atoms with van der Waals surface area (Å²) in [6, 6.07) is 13.0. The molecule has 0 aliphatic carbocycles. The molecule has 0 aliphatic heterocycles. The Kier molecular flexibility index (Phi) is 5.07. The van der Waals surface area contributed by atoms with E-state index in [0.717, 1.165) is 0 Å². The highest BCUT2D eigenvalue weighted by Gasteiger charge is 2.16. The van der Waals surface area contributed by atoms with Crippen LogP contribution < -0.4 is 10.1 Å². The Bertz CT molecular complexity index is 1100. The summed E-state index contributed by atoms with van der Waals surface area (Å²) in [6.45, 7) is -0.0533. The number of thiazole rings is 1. The van der Waals surface area contributed by atoms with Crippen LogP contribution in [-0.4, -0.2) is 21.0 Å². The van der Waals surface area contributed by atoms with E-state index in [9.17, 15) is 9.18 Å². The predicted octanol–water partition coefficient (Wildman–Crippen LogP) is 4.16. The van der Waals surface area contributed by atoms with E-state index in [1.807, 2.05) is 18.2 Å². The SMILES string of the molecule is O=C(Nc1nc(-c2ccccn2)cs1)c1cc(COc2ccccc2F)on1. The summed E-state index contributed by atoms with van der Waals surface area (Å²) in [5.74, 6) is -0.563. The molecule has 4 aromatic rings. The molecule has 4 rings (SSSR count). The van der Waals surface area contributed by atoms with Gasteiger partial charge < -0.3 is 9.26 Å². The highest BCUT2D eigenvalue weighted by molar-refractivity contribution is 7.14. The Balaban J connectivity index is 1.38. The van der Waals surface area contributed by atoms with Gasteiger partial charge in [-0.15, -0.1) is 11.3 Å². The van der Waals surface area contributed by atoms with E-state index in [-0.39, 0.29) is 18.1 Å². The summed E-state index contributed by atoms with van der Waals surface area (Å²) >= 11 is 1.28. The highest BCUT2D eigenvalue weighted by atomic mass is 32.1. The first-order chi connectivity index (χ1) is 13.7. The zero-order valence-corrected chi connectivity index (χ0v) is 15.1. The number of hydrogen-bond donors (Lipinski definition) is 1. The summed E-state index contributed by atoms with van der Waals surface area (Å²) in [5.41, 5.74) is 1.45. The van der Waals surface area contributed by atoms with Gasteiger partial charge in [0.05, 0.1) is 5.69 Å². The lowest BCUT2D eigenvalue weighted by molar-refractivity contribution is 0.101. The number of aromatic nitrogens is 3. The number of hydrogen-bond acceptors (Lipinski definition) is 7. The van der Waals surface area contributed by atoms with Gasteiger partial charge in [-0.2, -0.15) is 0 Å². The molecule has 0 saturated heterocycles. The molecule has 0 spiro atoms. The molecule has 0 atom stereocenters. The Labute approximate surface area is 162 Å². The van der Waals surface area contributed by atoms with Crippen LogP contribution >= 0.6 is 11.3 Å². The van der Waals surface area contributed by atoms with Gasteiger partial charge in [-0.05, 0) is 24.3 Å². The third kappa shape index (κ3) is 4.04. The van der Waals surface area contributed by atoms with E-state index in [4.69, 9.17) is 9.26 Å². The van der Waals surface area contributed by atoms with Crippen LogP contribution in [0.2, 0.25) is 0 Å². The molecule has 0 bridgehead atoms. The monoisotopic (exact) mass is 396 g/mol. The maximum absolute atomic E-state index is 13.5. The van der Waals surface area contributed by atoms with Crippen molar-refractivity contribution in [1.82, 2.24) is 15.1 Å². The van der Waals surface area contributed by atoms with Crippen LogP contribution in [0.1, 0.15) is 16.2 Å². The second-order valence-corrected chi connectivity index (χ2v) is 6.46. The lowest BCUT2D eigenvalue weighted by atomic mass is 10.3. The number of carbonyl (C=O) groups is 1. The third-order valence-electron chi connectivity index (χ3n) is 3.65. The van der Waals surface area contributed by atoms with Crippen LogP contribution in [0.5, 0.6) is 5.75 Å². The molecule has 1 aromatic carbocycles. The first kappa shape index (κ1) is 17.8. The highest BCUT2D eigenvalue weighted by Crippen LogP contribution is 2.23. The minimum absolute atomic E-state index is 0.0533. The largest absolute Gasteiger partial charge is 0.482 e. The van der Waals surface area contributed by atoms with E-state index in [0.29, 0.717) is 22.3 Å². The van der Waals surface area contributed by atoms with Crippen LogP contribution in [0, 0.1) is 5.82 Å². The molecular weight excluding hydrogens is 383 g/mol. The quantitative estimate of drug-likeness (QED) is 0.526. The molecule has 9 heteroatoms. The molecule has 0 unspecified atom stereocenters. The van der Waals surface area contributed by atoms with Gasteiger partial charge in [-0.25, -0.2) is 9.37 Å². The van der Waals surface area contributed by atoms with Crippen LogP contribution in [0.25, 0.3) is 11.4 Å². The van der Waals surface area contributed by atoms with Crippen molar-refractivity contribution in [1.29, 1.82) is 0 Å². The second-order valence-electron chi connectivity index (χ2n) is 5.60. The van der Waals surface area contributed by atoms with Gasteiger partial charge in [0.25, 0.3) is 5.91 Å². The van der Waals surface area contributed by atoms with Gasteiger partial charge in [-0.3, -0.25) is 15.1 Å². The fourth-order valence-electron chi connectivity index (χ4n) is 2.32. The van der Waals surface area contributed by atoms with Crippen molar-refractivity contribution >= 4 is 22.4 Å². The first-order valence-corrected chi connectivity index (χ1v) is 9.08. The van der Waals surface area contributed by atoms with E-state index in [1.54, 1.807) is 23.7 Å². The molecule has 3 aromatic heterocycles. The number of halogens is 1. The Morgan fingerprint density at radius 3 is 2.86 bits per heavy atom. The number of rotatable bonds is 6. The number of nitrogens with one attached hydrogen (secondary N) is 1. The molecule has 0 radical (unpaired) electrons. The average molecular weight is 396 g/mol. The zero-order valence-electron chi connectivity index (χ0n) is 14.3. The maximum Gasteiger partial charge on any atom is 0.279 e. The summed E-state index contributed by atoms with van der Waals surface area (Å²) in [6.07, 6.45) is 1.67. The van der Waals surface area contributed by atoms with Crippen LogP contribution in [-0.2, 0) is 6.61 Å². The van der Waals surface area contributed by atoms with Gasteiger partial charge in [0.2, 0.25) is 0 Å². The van der Waals surface area contributed by atoms with Gasteiger partial charge in [-0.1, -0.05) is 23.4 Å². The summed E-state index contributed by atoms with van der Waals surface area (Å²) in [4.78, 5) is 20.9. The number of nitrogens with zero attached hydrogens (tertiary/aromatic N) is 3. The maximum atomic E-state index is 13.5. The molecule has 7 nitrogen and oxygen atoms in total. The lowest BCUT2D eigenvalue weighted by Gasteiger charge is -2.03. The van der Waals surface area contributed by atoms with Crippen LogP contribution in [0.15, 0.2) is 64.6 Å². The van der Waals surface area contributed by atoms with Gasteiger partial charge in [0, 0.05) is 17.6 Å². The van der Waals surface area contributed by atoms with Crippen molar-refractivity contribution < 1.29 is 18.4 Å². The summed E-state index contributed by atoms with van der Waals surface area (Å²) in [7, 11) is 0. The Morgan fingerprint density at radius 1 is 1.18 bits per heavy atom. The molecule has 3 heterocycles. The number of para-hydroxylation sites is 1. The summed E-state index contributed by atoms with van der Waals surface area (Å²) in [5, 5.41) is 8.59. The molecule has 0 fully saturated rings. The number of amides is 1. The molecule has 1 N–H and O–H groups in total. The van der Waals surface area contributed by atoms with E-state index < -0.39 is 11.7 Å². The van der Waals surface area contributed by atoms with Gasteiger partial charge in [0.15, 0.2) is 28.2 Å². The topological polar surface area (TPSA) is 90.1 Å². The minimum atomic E-state index is -0.479. The summed E-state index contributed by atoms with van der Waals surface area (Å²) < 4.78 is 24.0. The number of ether oxygens (including phenoxy) is 1. The first-order valence-electron chi connectivity index (χ1n) is 8.20. The molecular formula is C19H13FN4O3S. The normalized spacial score (nSPS) is 10.6. The van der Waals surface area contributed by atoms with Crippen molar-refractivity contribution in [2.24, 2.45) is 0 Å². The Morgan fingerprint density at radius 2 is 2.04 bits per heavy atom. The van der Waals surface area contributed by atoms with Crippen LogP contribution in [0.3, 0.4) is 0 Å². The third-order valence-corrected chi connectivity index (χ3v) is 4.41. The van der Waals surface area contributed by atoms with Crippen LogP contribution in [0.4, 0.5) is 9.52 Å². The van der Waals surface area contributed by atoms with E-state index in [2.05, 4.69) is 20.4 Å².